The van der Waals surface area contributed by atoms with E-state index in [1.54, 1.807) is 0 Å². The van der Waals surface area contributed by atoms with Gasteiger partial charge in [0, 0.05) is 29.3 Å². The maximum Gasteiger partial charge on any atom is 0.416 e. The van der Waals surface area contributed by atoms with E-state index in [-0.39, 0.29) is 11.8 Å². The van der Waals surface area contributed by atoms with Crippen LogP contribution in [0.5, 0.6) is 0 Å². The molecule has 2 aromatic carbocycles. The monoisotopic (exact) mass is 403 g/mol. The maximum atomic E-state index is 12.7. The number of benzene rings is 2. The topological polar surface area (TPSA) is 56.9 Å². The van der Waals surface area contributed by atoms with Crippen LogP contribution in [0.1, 0.15) is 25.0 Å². The summed E-state index contributed by atoms with van der Waals surface area (Å²) in [5.41, 5.74) is 1.94. The Morgan fingerprint density at radius 1 is 1.07 bits per heavy atom. The van der Waals surface area contributed by atoms with Crippen molar-refractivity contribution in [1.82, 2.24) is 10.3 Å². The fourth-order valence-corrected chi connectivity index (χ4v) is 3.24. The highest BCUT2D eigenvalue weighted by Gasteiger charge is 2.30. The molecule has 154 valence electrons. The molecule has 0 saturated carbocycles. The van der Waals surface area contributed by atoms with Crippen LogP contribution >= 0.6 is 0 Å². The molecule has 0 spiro atoms. The molecule has 3 rings (SSSR count). The Bertz CT molecular complexity index is 961. The van der Waals surface area contributed by atoms with Crippen LogP contribution in [0.15, 0.2) is 54.7 Å². The lowest BCUT2D eigenvalue weighted by atomic mass is 10.0. The quantitative estimate of drug-likeness (QED) is 0.521. The largest absolute Gasteiger partial charge is 0.416 e. The molecule has 29 heavy (non-hydrogen) atoms. The summed E-state index contributed by atoms with van der Waals surface area (Å²) < 4.78 is 38.1. The Labute approximate surface area is 167 Å². The first-order valence-electron chi connectivity index (χ1n) is 9.52. The molecule has 4 nitrogen and oxygen atoms in total. The molecule has 0 radical (unpaired) electrons. The second kappa shape index (κ2) is 8.59. The lowest BCUT2D eigenvalue weighted by molar-refractivity contribution is -0.137. The number of nitrogens with one attached hydrogen (secondary N) is 3. The summed E-state index contributed by atoms with van der Waals surface area (Å²) in [5, 5.41) is 7.10. The molecule has 0 saturated heterocycles. The zero-order chi connectivity index (χ0) is 21.0. The molecule has 0 unspecified atom stereocenters. The summed E-state index contributed by atoms with van der Waals surface area (Å²) in [7, 11) is 0. The Morgan fingerprint density at radius 3 is 2.41 bits per heavy atom. The third kappa shape index (κ3) is 5.10. The second-order valence-corrected chi connectivity index (χ2v) is 7.34. The Morgan fingerprint density at radius 2 is 1.76 bits per heavy atom. The summed E-state index contributed by atoms with van der Waals surface area (Å²) >= 11 is 0. The van der Waals surface area contributed by atoms with Crippen molar-refractivity contribution in [1.29, 1.82) is 0 Å². The first-order chi connectivity index (χ1) is 13.8. The van der Waals surface area contributed by atoms with Crippen molar-refractivity contribution in [2.45, 2.75) is 32.5 Å². The summed E-state index contributed by atoms with van der Waals surface area (Å²) in [4.78, 5) is 15.9. The Hall–Kier alpha value is -2.96. The van der Waals surface area contributed by atoms with Gasteiger partial charge in [-0.2, -0.15) is 13.2 Å². The summed E-state index contributed by atoms with van der Waals surface area (Å²) in [6.45, 7) is 4.25. The van der Waals surface area contributed by atoms with E-state index >= 15 is 0 Å². The number of hydrogen-bond acceptors (Lipinski definition) is 2. The number of carbonyl (C=O) groups is 1. The van der Waals surface area contributed by atoms with E-state index in [9.17, 15) is 18.0 Å². The number of hydrogen-bond donors (Lipinski definition) is 3. The molecule has 0 fully saturated rings. The number of amides is 1. The zero-order valence-corrected chi connectivity index (χ0v) is 16.3. The number of alkyl halides is 3. The molecule has 1 atom stereocenters. The third-order valence-corrected chi connectivity index (χ3v) is 4.85. The van der Waals surface area contributed by atoms with Crippen LogP contribution in [-0.4, -0.2) is 23.5 Å². The average Bonchev–Trinajstić information content (AvgIpc) is 3.08. The molecule has 1 amide bonds. The van der Waals surface area contributed by atoms with E-state index < -0.39 is 17.8 Å². The van der Waals surface area contributed by atoms with Crippen LogP contribution in [0.4, 0.5) is 18.9 Å². The van der Waals surface area contributed by atoms with E-state index in [0.717, 1.165) is 28.6 Å². The van der Waals surface area contributed by atoms with E-state index in [1.165, 1.54) is 12.1 Å². The molecule has 0 bridgehead atoms. The number of carbonyl (C=O) groups excluding carboxylic acids is 1. The van der Waals surface area contributed by atoms with E-state index in [0.29, 0.717) is 18.7 Å². The molecule has 7 heteroatoms. The molecule has 0 aliphatic heterocycles. The number of H-pyrrole nitrogens is 1. The van der Waals surface area contributed by atoms with Gasteiger partial charge in [0.05, 0.1) is 5.56 Å². The van der Waals surface area contributed by atoms with Gasteiger partial charge in [-0.15, -0.1) is 0 Å². The van der Waals surface area contributed by atoms with Crippen LogP contribution in [0.2, 0.25) is 0 Å². The highest BCUT2D eigenvalue weighted by atomic mass is 19.4. The predicted molar refractivity (Wildman–Crippen MR) is 109 cm³/mol. The minimum absolute atomic E-state index is 0.0367. The van der Waals surface area contributed by atoms with Gasteiger partial charge in [0.1, 0.15) is 6.04 Å². The summed E-state index contributed by atoms with van der Waals surface area (Å²) in [5.74, 6) is -0.217. The van der Waals surface area contributed by atoms with Crippen LogP contribution in [0, 0.1) is 5.92 Å². The van der Waals surface area contributed by atoms with E-state index in [1.807, 2.05) is 44.3 Å². The molecule has 1 aromatic heterocycles. The number of fused-ring (bicyclic) bond motifs is 1. The van der Waals surface area contributed by atoms with Crippen molar-refractivity contribution >= 4 is 22.5 Å². The van der Waals surface area contributed by atoms with Gasteiger partial charge in [0.2, 0.25) is 5.91 Å². The van der Waals surface area contributed by atoms with Crippen LogP contribution in [-0.2, 0) is 17.4 Å². The maximum absolute atomic E-state index is 12.7. The van der Waals surface area contributed by atoms with Gasteiger partial charge in [-0.05, 0) is 48.2 Å². The number of halogens is 3. The molecule has 3 N–H and O–H groups in total. The van der Waals surface area contributed by atoms with Gasteiger partial charge in [-0.1, -0.05) is 32.0 Å². The SMILES string of the molecule is CC(C)[C@@H](Nc1ccc(C(F)(F)F)cc1)C(=O)NCCc1c[nH]c2ccccc12. The average molecular weight is 403 g/mol. The van der Waals surface area contributed by atoms with Crippen molar-refractivity contribution in [3.63, 3.8) is 0 Å². The van der Waals surface area contributed by atoms with Crippen LogP contribution in [0.3, 0.4) is 0 Å². The lowest BCUT2D eigenvalue weighted by Gasteiger charge is -2.23. The molecule has 3 aromatic rings. The second-order valence-electron chi connectivity index (χ2n) is 7.34. The third-order valence-electron chi connectivity index (χ3n) is 4.85. The fraction of sp³-hybridized carbons (Fsp3) is 0.318. The van der Waals surface area contributed by atoms with Gasteiger partial charge < -0.3 is 15.6 Å². The first-order valence-corrected chi connectivity index (χ1v) is 9.52. The number of aromatic amines is 1. The van der Waals surface area contributed by atoms with Crippen molar-refractivity contribution in [3.8, 4) is 0 Å². The predicted octanol–water partition coefficient (Wildman–Crippen LogP) is 4.98. The van der Waals surface area contributed by atoms with E-state index in [2.05, 4.69) is 15.6 Å². The minimum Gasteiger partial charge on any atom is -0.373 e. The van der Waals surface area contributed by atoms with Crippen molar-refractivity contribution in [2.75, 3.05) is 11.9 Å². The first kappa shape index (κ1) is 20.8. The highest BCUT2D eigenvalue weighted by molar-refractivity contribution is 5.85. The lowest BCUT2D eigenvalue weighted by Crippen LogP contribution is -2.43. The highest BCUT2D eigenvalue weighted by Crippen LogP contribution is 2.30. The Balaban J connectivity index is 1.59. The van der Waals surface area contributed by atoms with Gasteiger partial charge >= 0.3 is 6.18 Å². The minimum atomic E-state index is -4.38. The zero-order valence-electron chi connectivity index (χ0n) is 16.3. The molecule has 1 heterocycles. The van der Waals surface area contributed by atoms with Crippen LogP contribution in [0.25, 0.3) is 10.9 Å². The van der Waals surface area contributed by atoms with Gasteiger partial charge in [-0.25, -0.2) is 0 Å². The molecular formula is C22H24F3N3O. The standard InChI is InChI=1S/C22H24F3N3O/c1-14(2)20(28-17-9-7-16(8-10-17)22(23,24)25)21(29)26-12-11-15-13-27-19-6-4-3-5-18(15)19/h3-10,13-14,20,27-28H,11-12H2,1-2H3,(H,26,29)/t20-/m1/s1. The smallest absolute Gasteiger partial charge is 0.373 e. The van der Waals surface area contributed by atoms with E-state index in [4.69, 9.17) is 0 Å². The molecule has 0 aliphatic rings. The molecular weight excluding hydrogens is 379 g/mol. The fourth-order valence-electron chi connectivity index (χ4n) is 3.24. The molecule has 0 aliphatic carbocycles. The number of aromatic nitrogens is 1. The summed E-state index contributed by atoms with van der Waals surface area (Å²) in [6, 6.07) is 12.1. The van der Waals surface area contributed by atoms with Gasteiger partial charge in [0.25, 0.3) is 0 Å². The number of para-hydroxylation sites is 1. The van der Waals surface area contributed by atoms with Gasteiger partial charge in [0.15, 0.2) is 0 Å². The normalized spacial score (nSPS) is 12.9. The van der Waals surface area contributed by atoms with Crippen LogP contribution < -0.4 is 10.6 Å². The number of anilines is 1. The van der Waals surface area contributed by atoms with Gasteiger partial charge in [-0.3, -0.25) is 4.79 Å². The van der Waals surface area contributed by atoms with Crippen molar-refractivity contribution in [3.05, 3.63) is 65.9 Å². The van der Waals surface area contributed by atoms with Crippen molar-refractivity contribution in [2.24, 2.45) is 5.92 Å². The number of rotatable bonds is 7. The Kier molecular flexibility index (Phi) is 6.15. The summed E-state index contributed by atoms with van der Waals surface area (Å²) in [6.07, 6.45) is -1.76. The van der Waals surface area contributed by atoms with Crippen molar-refractivity contribution < 1.29 is 18.0 Å².